The highest BCUT2D eigenvalue weighted by Gasteiger charge is 2.18. The van der Waals surface area contributed by atoms with E-state index < -0.39 is 0 Å². The molecule has 4 aromatic rings. The molecule has 1 amide bonds. The van der Waals surface area contributed by atoms with Gasteiger partial charge >= 0.3 is 0 Å². The van der Waals surface area contributed by atoms with E-state index in [4.69, 9.17) is 9.47 Å². The fraction of sp³-hybridized carbons (Fsp3) is 0.261. The van der Waals surface area contributed by atoms with E-state index in [0.29, 0.717) is 40.9 Å². The monoisotopic (exact) mass is 499 g/mol. The fourth-order valence-electron chi connectivity index (χ4n) is 3.58. The highest BCUT2D eigenvalue weighted by molar-refractivity contribution is 7.99. The average molecular weight is 500 g/mol. The van der Waals surface area contributed by atoms with Crippen molar-refractivity contribution in [3.8, 4) is 21.9 Å². The van der Waals surface area contributed by atoms with Crippen molar-refractivity contribution >= 4 is 50.6 Å². The van der Waals surface area contributed by atoms with Crippen molar-refractivity contribution in [2.75, 3.05) is 26.0 Å². The van der Waals surface area contributed by atoms with Gasteiger partial charge in [-0.1, -0.05) is 23.9 Å². The van der Waals surface area contributed by atoms with Crippen LogP contribution < -0.4 is 15.0 Å². The number of thioether (sulfide) groups is 1. The highest BCUT2D eigenvalue weighted by Crippen LogP contribution is 2.34. The first-order valence-electron chi connectivity index (χ1n) is 10.3. The van der Waals surface area contributed by atoms with Crippen molar-refractivity contribution in [3.05, 3.63) is 57.0 Å². The summed E-state index contributed by atoms with van der Waals surface area (Å²) in [7, 11) is 3.47. The molecule has 0 N–H and O–H groups in total. The standard InChI is InChI=1S/C23H21N3O4S3/c1-25(11-14-5-6-16-17(10-14)30-8-7-29-16)19(27)13-33-23-24-21-20(22(28)26(23)2)15(12-32-21)18-4-3-9-31-18/h3-6,9-10,12H,7-8,11,13H2,1-2H3. The molecule has 7 nitrogen and oxygen atoms in total. The number of benzene rings is 1. The Morgan fingerprint density at radius 2 is 2.03 bits per heavy atom. The van der Waals surface area contributed by atoms with E-state index in [1.165, 1.54) is 27.7 Å². The number of nitrogens with zero attached hydrogens (tertiary/aromatic N) is 3. The summed E-state index contributed by atoms with van der Waals surface area (Å²) >= 11 is 4.33. The Morgan fingerprint density at radius 1 is 1.21 bits per heavy atom. The van der Waals surface area contributed by atoms with Crippen LogP contribution in [-0.2, 0) is 18.4 Å². The van der Waals surface area contributed by atoms with Crippen molar-refractivity contribution in [2.45, 2.75) is 11.7 Å². The fourth-order valence-corrected chi connectivity index (χ4v) is 6.30. The van der Waals surface area contributed by atoms with Gasteiger partial charge in [0, 0.05) is 36.5 Å². The van der Waals surface area contributed by atoms with Gasteiger partial charge in [-0.25, -0.2) is 4.98 Å². The molecule has 5 rings (SSSR count). The largest absolute Gasteiger partial charge is 0.486 e. The molecular weight excluding hydrogens is 478 g/mol. The molecule has 1 aromatic carbocycles. The Morgan fingerprint density at radius 3 is 2.82 bits per heavy atom. The maximum Gasteiger partial charge on any atom is 0.263 e. The van der Waals surface area contributed by atoms with Crippen molar-refractivity contribution in [2.24, 2.45) is 7.05 Å². The predicted octanol–water partition coefficient (Wildman–Crippen LogP) is 4.25. The Labute approximate surface area is 202 Å². The molecule has 1 aliphatic heterocycles. The predicted molar refractivity (Wildman–Crippen MR) is 133 cm³/mol. The van der Waals surface area contributed by atoms with E-state index >= 15 is 0 Å². The van der Waals surface area contributed by atoms with Crippen LogP contribution in [0.1, 0.15) is 5.56 Å². The van der Waals surface area contributed by atoms with Crippen LogP contribution in [0.3, 0.4) is 0 Å². The molecule has 0 atom stereocenters. The molecule has 170 valence electrons. The molecule has 0 spiro atoms. The van der Waals surface area contributed by atoms with E-state index in [1.54, 1.807) is 30.3 Å². The molecule has 10 heteroatoms. The number of carbonyl (C=O) groups excluding carboxylic acids is 1. The summed E-state index contributed by atoms with van der Waals surface area (Å²) in [5.41, 5.74) is 1.79. The molecule has 0 saturated heterocycles. The first-order chi connectivity index (χ1) is 16.0. The van der Waals surface area contributed by atoms with Gasteiger partial charge in [-0.15, -0.1) is 22.7 Å². The van der Waals surface area contributed by atoms with Gasteiger partial charge in [-0.2, -0.15) is 0 Å². The van der Waals surface area contributed by atoms with Gasteiger partial charge in [0.05, 0.1) is 11.1 Å². The molecule has 0 bridgehead atoms. The lowest BCUT2D eigenvalue weighted by molar-refractivity contribution is -0.127. The number of fused-ring (bicyclic) bond motifs is 2. The van der Waals surface area contributed by atoms with Crippen molar-refractivity contribution in [3.63, 3.8) is 0 Å². The lowest BCUT2D eigenvalue weighted by atomic mass is 10.2. The van der Waals surface area contributed by atoms with Gasteiger partial charge in [0.25, 0.3) is 5.56 Å². The Balaban J connectivity index is 1.29. The lowest BCUT2D eigenvalue weighted by Crippen LogP contribution is -2.28. The Bertz CT molecular complexity index is 1380. The third kappa shape index (κ3) is 4.38. The molecule has 4 heterocycles. The van der Waals surface area contributed by atoms with Crippen LogP contribution in [0.15, 0.2) is 51.0 Å². The maximum atomic E-state index is 13.1. The van der Waals surface area contributed by atoms with Crippen LogP contribution in [0, 0.1) is 0 Å². The Hall–Kier alpha value is -2.82. The molecule has 0 unspecified atom stereocenters. The lowest BCUT2D eigenvalue weighted by Gasteiger charge is -2.21. The van der Waals surface area contributed by atoms with Crippen molar-refractivity contribution < 1.29 is 14.3 Å². The SMILES string of the molecule is CN(Cc1ccc2c(c1)OCCO2)C(=O)CSc1nc2scc(-c3cccs3)c2c(=O)n1C. The van der Waals surface area contributed by atoms with E-state index in [-0.39, 0.29) is 17.2 Å². The summed E-state index contributed by atoms with van der Waals surface area (Å²) in [4.78, 5) is 33.9. The highest BCUT2D eigenvalue weighted by atomic mass is 32.2. The van der Waals surface area contributed by atoms with Gasteiger partial charge in [0.15, 0.2) is 16.7 Å². The average Bonchev–Trinajstić information content (AvgIpc) is 3.50. The van der Waals surface area contributed by atoms with Crippen LogP contribution >= 0.6 is 34.4 Å². The zero-order valence-electron chi connectivity index (χ0n) is 18.1. The number of carbonyl (C=O) groups is 1. The van der Waals surface area contributed by atoms with E-state index in [1.807, 2.05) is 41.1 Å². The van der Waals surface area contributed by atoms with Gasteiger partial charge in [-0.3, -0.25) is 14.2 Å². The zero-order valence-corrected chi connectivity index (χ0v) is 20.5. The summed E-state index contributed by atoms with van der Waals surface area (Å²) in [6, 6.07) is 9.69. The molecular formula is C23H21N3O4S3. The molecule has 3 aromatic heterocycles. The first kappa shape index (κ1) is 22.0. The molecule has 0 radical (unpaired) electrons. The first-order valence-corrected chi connectivity index (χ1v) is 13.0. The van der Waals surface area contributed by atoms with E-state index in [2.05, 4.69) is 4.98 Å². The van der Waals surface area contributed by atoms with Crippen molar-refractivity contribution in [1.29, 1.82) is 0 Å². The smallest absolute Gasteiger partial charge is 0.263 e. The molecule has 0 fully saturated rings. The zero-order chi connectivity index (χ0) is 22.9. The van der Waals surface area contributed by atoms with Crippen LogP contribution in [0.4, 0.5) is 0 Å². The normalized spacial score (nSPS) is 12.8. The summed E-state index contributed by atoms with van der Waals surface area (Å²) in [6.45, 7) is 1.53. The second-order valence-electron chi connectivity index (χ2n) is 7.58. The van der Waals surface area contributed by atoms with Gasteiger partial charge in [-0.05, 0) is 29.1 Å². The summed E-state index contributed by atoms with van der Waals surface area (Å²) < 4.78 is 12.7. The third-order valence-electron chi connectivity index (χ3n) is 5.34. The quantitative estimate of drug-likeness (QED) is 0.292. The van der Waals surface area contributed by atoms with E-state index in [9.17, 15) is 9.59 Å². The topological polar surface area (TPSA) is 73.7 Å². The number of hydrogen-bond donors (Lipinski definition) is 0. The third-order valence-corrected chi connectivity index (χ3v) is 8.13. The second-order valence-corrected chi connectivity index (χ2v) is 10.3. The number of thiophene rings is 2. The second kappa shape index (κ2) is 9.20. The van der Waals surface area contributed by atoms with Crippen LogP contribution in [0.5, 0.6) is 11.5 Å². The van der Waals surface area contributed by atoms with Gasteiger partial charge < -0.3 is 14.4 Å². The van der Waals surface area contributed by atoms with Crippen molar-refractivity contribution in [1.82, 2.24) is 14.5 Å². The van der Waals surface area contributed by atoms with E-state index in [0.717, 1.165) is 21.8 Å². The van der Waals surface area contributed by atoms with Gasteiger partial charge in [0.2, 0.25) is 5.91 Å². The number of hydrogen-bond acceptors (Lipinski definition) is 8. The van der Waals surface area contributed by atoms with Crippen LogP contribution in [0.25, 0.3) is 20.7 Å². The molecule has 33 heavy (non-hydrogen) atoms. The number of ether oxygens (including phenoxy) is 2. The summed E-state index contributed by atoms with van der Waals surface area (Å²) in [5.74, 6) is 1.58. The maximum absolute atomic E-state index is 13.1. The summed E-state index contributed by atoms with van der Waals surface area (Å²) in [6.07, 6.45) is 0. The summed E-state index contributed by atoms with van der Waals surface area (Å²) in [5, 5.41) is 5.14. The minimum Gasteiger partial charge on any atom is -0.486 e. The molecule has 1 aliphatic rings. The van der Waals surface area contributed by atoms with Gasteiger partial charge in [0.1, 0.15) is 18.0 Å². The number of rotatable bonds is 6. The molecule has 0 aliphatic carbocycles. The Kier molecular flexibility index (Phi) is 6.13. The van der Waals surface area contributed by atoms with Crippen LogP contribution in [0.2, 0.25) is 0 Å². The minimum absolute atomic E-state index is 0.0466. The number of amides is 1. The van der Waals surface area contributed by atoms with Crippen LogP contribution in [-0.4, -0.2) is 46.4 Å². The number of aromatic nitrogens is 2. The minimum atomic E-state index is -0.0933. The molecule has 0 saturated carbocycles.